The van der Waals surface area contributed by atoms with Crippen molar-refractivity contribution in [2.24, 2.45) is 5.92 Å². The van der Waals surface area contributed by atoms with Crippen molar-refractivity contribution < 1.29 is 9.21 Å². The molecule has 0 radical (unpaired) electrons. The Morgan fingerprint density at radius 1 is 1.53 bits per heavy atom. The van der Waals surface area contributed by atoms with Crippen molar-refractivity contribution in [1.29, 1.82) is 0 Å². The minimum atomic E-state index is -0.00543. The molecule has 1 aromatic heterocycles. The van der Waals surface area contributed by atoms with Crippen LogP contribution in [0.25, 0.3) is 0 Å². The number of carbonyl (C=O) groups is 1. The highest BCUT2D eigenvalue weighted by atomic mass is 16.3. The van der Waals surface area contributed by atoms with Gasteiger partial charge in [-0.05, 0) is 37.9 Å². The van der Waals surface area contributed by atoms with Gasteiger partial charge in [-0.1, -0.05) is 6.92 Å². The minimum absolute atomic E-state index is 0.00543. The lowest BCUT2D eigenvalue weighted by molar-refractivity contribution is 0.0942. The third-order valence-electron chi connectivity index (χ3n) is 3.32. The molecule has 0 aromatic carbocycles. The molecular formula is C13H20N2O2. The predicted molar refractivity (Wildman–Crippen MR) is 66.0 cm³/mol. The molecule has 0 bridgehead atoms. The molecule has 1 saturated heterocycles. The van der Waals surface area contributed by atoms with Crippen LogP contribution in [0.3, 0.4) is 0 Å². The molecule has 0 aliphatic carbocycles. The van der Waals surface area contributed by atoms with Gasteiger partial charge in [0.2, 0.25) is 0 Å². The van der Waals surface area contributed by atoms with Crippen molar-refractivity contribution in [3.05, 3.63) is 23.7 Å². The fourth-order valence-corrected chi connectivity index (χ4v) is 2.23. The zero-order chi connectivity index (χ0) is 12.1. The van der Waals surface area contributed by atoms with Gasteiger partial charge in [0.05, 0.1) is 11.8 Å². The summed E-state index contributed by atoms with van der Waals surface area (Å²) in [5, 5.41) is 6.32. The molecule has 1 fully saturated rings. The first-order chi connectivity index (χ1) is 8.31. The molecule has 0 saturated carbocycles. The van der Waals surface area contributed by atoms with E-state index in [0.29, 0.717) is 11.5 Å². The summed E-state index contributed by atoms with van der Waals surface area (Å²) >= 11 is 0. The first kappa shape index (κ1) is 12.2. The Kier molecular flexibility index (Phi) is 4.20. The Morgan fingerprint density at radius 2 is 2.29 bits per heavy atom. The number of furan rings is 1. The lowest BCUT2D eigenvalue weighted by atomic mass is 9.98. The molecule has 1 aromatic rings. The lowest BCUT2D eigenvalue weighted by Gasteiger charge is -2.22. The smallest absolute Gasteiger partial charge is 0.254 e. The van der Waals surface area contributed by atoms with Crippen LogP contribution in [-0.4, -0.2) is 25.5 Å². The monoisotopic (exact) mass is 236 g/mol. The third kappa shape index (κ3) is 3.09. The normalized spacial score (nSPS) is 17.0. The zero-order valence-corrected chi connectivity index (χ0v) is 10.3. The van der Waals surface area contributed by atoms with Gasteiger partial charge in [0.15, 0.2) is 0 Å². The van der Waals surface area contributed by atoms with E-state index in [1.165, 1.54) is 0 Å². The second-order valence-corrected chi connectivity index (χ2v) is 4.51. The predicted octanol–water partition coefficient (Wildman–Crippen LogP) is 1.57. The second-order valence-electron chi connectivity index (χ2n) is 4.51. The lowest BCUT2D eigenvalue weighted by Crippen LogP contribution is -2.36. The van der Waals surface area contributed by atoms with E-state index in [0.717, 1.165) is 44.7 Å². The van der Waals surface area contributed by atoms with Crippen LogP contribution in [0.2, 0.25) is 0 Å². The maximum Gasteiger partial charge on any atom is 0.254 e. The molecule has 94 valence electrons. The van der Waals surface area contributed by atoms with Crippen LogP contribution in [0.15, 0.2) is 16.7 Å². The van der Waals surface area contributed by atoms with Crippen molar-refractivity contribution in [3.63, 3.8) is 0 Å². The highest BCUT2D eigenvalue weighted by Crippen LogP contribution is 2.13. The number of amides is 1. The largest absolute Gasteiger partial charge is 0.469 e. The SMILES string of the molecule is CCc1occc1C(=O)NCC1CCNCC1. The van der Waals surface area contributed by atoms with Gasteiger partial charge < -0.3 is 15.1 Å². The van der Waals surface area contributed by atoms with Crippen molar-refractivity contribution in [3.8, 4) is 0 Å². The van der Waals surface area contributed by atoms with Gasteiger partial charge in [-0.2, -0.15) is 0 Å². The quantitative estimate of drug-likeness (QED) is 0.834. The molecule has 1 amide bonds. The van der Waals surface area contributed by atoms with Crippen molar-refractivity contribution in [1.82, 2.24) is 10.6 Å². The van der Waals surface area contributed by atoms with Gasteiger partial charge in [0.25, 0.3) is 5.91 Å². The first-order valence-corrected chi connectivity index (χ1v) is 6.36. The van der Waals surface area contributed by atoms with E-state index in [2.05, 4.69) is 10.6 Å². The highest BCUT2D eigenvalue weighted by molar-refractivity contribution is 5.95. The van der Waals surface area contributed by atoms with E-state index in [1.807, 2.05) is 6.92 Å². The molecule has 2 N–H and O–H groups in total. The summed E-state index contributed by atoms with van der Waals surface area (Å²) < 4.78 is 5.26. The maximum absolute atomic E-state index is 11.9. The van der Waals surface area contributed by atoms with Gasteiger partial charge in [-0.15, -0.1) is 0 Å². The fraction of sp³-hybridized carbons (Fsp3) is 0.615. The van der Waals surface area contributed by atoms with E-state index in [9.17, 15) is 4.79 Å². The number of hydrogen-bond acceptors (Lipinski definition) is 3. The van der Waals surface area contributed by atoms with Crippen LogP contribution in [0.1, 0.15) is 35.9 Å². The summed E-state index contributed by atoms with van der Waals surface area (Å²) in [4.78, 5) is 11.9. The van der Waals surface area contributed by atoms with Crippen molar-refractivity contribution >= 4 is 5.91 Å². The molecular weight excluding hydrogens is 216 g/mol. The topological polar surface area (TPSA) is 54.3 Å². The van der Waals surface area contributed by atoms with E-state index in [1.54, 1.807) is 12.3 Å². The first-order valence-electron chi connectivity index (χ1n) is 6.36. The molecule has 0 spiro atoms. The van der Waals surface area contributed by atoms with Crippen molar-refractivity contribution in [2.45, 2.75) is 26.2 Å². The van der Waals surface area contributed by atoms with Crippen molar-refractivity contribution in [2.75, 3.05) is 19.6 Å². The van der Waals surface area contributed by atoms with E-state index in [-0.39, 0.29) is 5.91 Å². The molecule has 2 heterocycles. The maximum atomic E-state index is 11.9. The Morgan fingerprint density at radius 3 is 3.00 bits per heavy atom. The van der Waals surface area contributed by atoms with Gasteiger partial charge in [0, 0.05) is 13.0 Å². The molecule has 0 unspecified atom stereocenters. The Labute approximate surface area is 102 Å². The zero-order valence-electron chi connectivity index (χ0n) is 10.3. The molecule has 4 heteroatoms. The Balaban J connectivity index is 1.84. The van der Waals surface area contributed by atoms with E-state index in [4.69, 9.17) is 4.42 Å². The number of carbonyl (C=O) groups excluding carboxylic acids is 1. The molecule has 4 nitrogen and oxygen atoms in total. The Bertz CT molecular complexity index is 367. The minimum Gasteiger partial charge on any atom is -0.469 e. The van der Waals surface area contributed by atoms with Crippen LogP contribution in [-0.2, 0) is 6.42 Å². The average molecular weight is 236 g/mol. The van der Waals surface area contributed by atoms with Crippen LogP contribution in [0, 0.1) is 5.92 Å². The van der Waals surface area contributed by atoms with Crippen LogP contribution in [0.4, 0.5) is 0 Å². The summed E-state index contributed by atoms with van der Waals surface area (Å²) in [6, 6.07) is 1.75. The standard InChI is InChI=1S/C13H20N2O2/c1-2-12-11(5-8-17-12)13(16)15-9-10-3-6-14-7-4-10/h5,8,10,14H,2-4,6-7,9H2,1H3,(H,15,16). The molecule has 17 heavy (non-hydrogen) atoms. The van der Waals surface area contributed by atoms with Gasteiger partial charge in [-0.3, -0.25) is 4.79 Å². The third-order valence-corrected chi connectivity index (χ3v) is 3.32. The fourth-order valence-electron chi connectivity index (χ4n) is 2.23. The summed E-state index contributed by atoms with van der Waals surface area (Å²) in [5.41, 5.74) is 0.682. The Hall–Kier alpha value is -1.29. The number of hydrogen-bond donors (Lipinski definition) is 2. The molecule has 1 aliphatic rings. The van der Waals surface area contributed by atoms with Gasteiger partial charge in [-0.25, -0.2) is 0 Å². The summed E-state index contributed by atoms with van der Waals surface area (Å²) in [5.74, 6) is 1.37. The number of nitrogens with one attached hydrogen (secondary N) is 2. The molecule has 0 atom stereocenters. The number of piperidine rings is 1. The van der Waals surface area contributed by atoms with E-state index < -0.39 is 0 Å². The number of aryl methyl sites for hydroxylation is 1. The average Bonchev–Trinajstić information content (AvgIpc) is 2.85. The summed E-state index contributed by atoms with van der Waals surface area (Å²) in [6.07, 6.45) is 4.62. The van der Waals surface area contributed by atoms with Crippen LogP contribution in [0.5, 0.6) is 0 Å². The van der Waals surface area contributed by atoms with Crippen LogP contribution < -0.4 is 10.6 Å². The van der Waals surface area contributed by atoms with Gasteiger partial charge in [0.1, 0.15) is 5.76 Å². The second kappa shape index (κ2) is 5.87. The van der Waals surface area contributed by atoms with Gasteiger partial charge >= 0.3 is 0 Å². The molecule has 2 rings (SSSR count). The number of rotatable bonds is 4. The highest BCUT2D eigenvalue weighted by Gasteiger charge is 2.16. The molecule has 1 aliphatic heterocycles. The van der Waals surface area contributed by atoms with Crippen LogP contribution >= 0.6 is 0 Å². The summed E-state index contributed by atoms with van der Waals surface area (Å²) in [6.45, 7) is 4.89. The van der Waals surface area contributed by atoms with E-state index >= 15 is 0 Å². The summed E-state index contributed by atoms with van der Waals surface area (Å²) in [7, 11) is 0.